The molecule has 1 aromatic carbocycles. The van der Waals surface area contributed by atoms with Gasteiger partial charge in [0.15, 0.2) is 5.65 Å². The van der Waals surface area contributed by atoms with E-state index in [4.69, 9.17) is 9.72 Å². The zero-order valence-electron chi connectivity index (χ0n) is 15.8. The van der Waals surface area contributed by atoms with Crippen LogP contribution in [0.25, 0.3) is 11.0 Å². The molecule has 6 heteroatoms. The molecule has 3 rings (SSSR count). The van der Waals surface area contributed by atoms with E-state index < -0.39 is 0 Å². The lowest BCUT2D eigenvalue weighted by atomic mass is 10.0. The molecule has 136 valence electrons. The summed E-state index contributed by atoms with van der Waals surface area (Å²) < 4.78 is 7.17. The highest BCUT2D eigenvalue weighted by Gasteiger charge is 2.19. The number of fused-ring (bicyclic) bond motifs is 1. The summed E-state index contributed by atoms with van der Waals surface area (Å²) in [4.78, 5) is 17.8. The molecule has 0 fully saturated rings. The lowest BCUT2D eigenvalue weighted by Crippen LogP contribution is -2.14. The molecule has 0 saturated heterocycles. The van der Waals surface area contributed by atoms with Gasteiger partial charge in [0, 0.05) is 11.7 Å². The third-order valence-corrected chi connectivity index (χ3v) is 4.27. The topological polar surface area (TPSA) is 69.0 Å². The SMILES string of the molecule is COc1ccccc1NC(=O)c1cc(C(C)C)nc2c1cnn2C(C)C. The number of carbonyl (C=O) groups excluding carboxylic acids is 1. The average Bonchev–Trinajstić information content (AvgIpc) is 3.05. The number of para-hydroxylation sites is 2. The fourth-order valence-corrected chi connectivity index (χ4v) is 2.84. The first-order valence-corrected chi connectivity index (χ1v) is 8.75. The second-order valence-corrected chi connectivity index (χ2v) is 6.82. The molecule has 26 heavy (non-hydrogen) atoms. The van der Waals surface area contributed by atoms with E-state index in [0.717, 1.165) is 16.7 Å². The number of nitrogens with one attached hydrogen (secondary N) is 1. The summed E-state index contributed by atoms with van der Waals surface area (Å²) >= 11 is 0. The van der Waals surface area contributed by atoms with E-state index in [1.54, 1.807) is 13.3 Å². The van der Waals surface area contributed by atoms with Crippen LogP contribution >= 0.6 is 0 Å². The van der Waals surface area contributed by atoms with Gasteiger partial charge in [0.05, 0.1) is 29.9 Å². The standard InChI is InChI=1S/C20H24N4O2/c1-12(2)17-10-14(15-11-21-24(13(3)4)19(15)22-17)20(25)23-16-8-6-7-9-18(16)26-5/h6-13H,1-5H3,(H,23,25). The Kier molecular flexibility index (Phi) is 4.93. The number of benzene rings is 1. The van der Waals surface area contributed by atoms with Crippen LogP contribution in [0, 0.1) is 0 Å². The van der Waals surface area contributed by atoms with Crippen molar-refractivity contribution in [2.24, 2.45) is 0 Å². The number of carbonyl (C=O) groups is 1. The van der Waals surface area contributed by atoms with Gasteiger partial charge in [0.1, 0.15) is 5.75 Å². The summed E-state index contributed by atoms with van der Waals surface area (Å²) in [6.45, 7) is 8.22. The Labute approximate surface area is 153 Å². The summed E-state index contributed by atoms with van der Waals surface area (Å²) in [6.07, 6.45) is 1.71. The molecule has 0 atom stereocenters. The number of nitrogens with zero attached hydrogens (tertiary/aromatic N) is 3. The minimum atomic E-state index is -0.202. The Balaban J connectivity index is 2.09. The molecular formula is C20H24N4O2. The van der Waals surface area contributed by atoms with Crippen molar-refractivity contribution in [3.63, 3.8) is 0 Å². The van der Waals surface area contributed by atoms with Crippen molar-refractivity contribution >= 4 is 22.6 Å². The van der Waals surface area contributed by atoms with E-state index in [1.165, 1.54) is 0 Å². The van der Waals surface area contributed by atoms with Gasteiger partial charge in [-0.3, -0.25) is 4.79 Å². The zero-order chi connectivity index (χ0) is 18.8. The van der Waals surface area contributed by atoms with E-state index in [-0.39, 0.29) is 17.9 Å². The first-order chi connectivity index (χ1) is 12.4. The molecule has 0 aliphatic heterocycles. The maximum Gasteiger partial charge on any atom is 0.256 e. The van der Waals surface area contributed by atoms with E-state index in [0.29, 0.717) is 17.0 Å². The third-order valence-electron chi connectivity index (χ3n) is 4.27. The Bertz CT molecular complexity index is 944. The molecule has 0 spiro atoms. The van der Waals surface area contributed by atoms with Crippen molar-refractivity contribution in [2.45, 2.75) is 39.7 Å². The predicted molar refractivity (Wildman–Crippen MR) is 103 cm³/mol. The first kappa shape index (κ1) is 17.9. The molecule has 1 N–H and O–H groups in total. The van der Waals surface area contributed by atoms with Gasteiger partial charge in [-0.05, 0) is 38.0 Å². The van der Waals surface area contributed by atoms with E-state index in [2.05, 4.69) is 24.3 Å². The second kappa shape index (κ2) is 7.15. The number of ether oxygens (including phenoxy) is 1. The highest BCUT2D eigenvalue weighted by atomic mass is 16.5. The van der Waals surface area contributed by atoms with Gasteiger partial charge in [0.2, 0.25) is 0 Å². The molecule has 6 nitrogen and oxygen atoms in total. The van der Waals surface area contributed by atoms with Gasteiger partial charge >= 0.3 is 0 Å². The molecule has 3 aromatic rings. The quantitative estimate of drug-likeness (QED) is 0.739. The van der Waals surface area contributed by atoms with Crippen LogP contribution in [0.1, 0.15) is 55.7 Å². The van der Waals surface area contributed by atoms with Crippen LogP contribution in [0.15, 0.2) is 36.5 Å². The van der Waals surface area contributed by atoms with Gasteiger partial charge < -0.3 is 10.1 Å². The molecule has 2 heterocycles. The number of pyridine rings is 1. The summed E-state index contributed by atoms with van der Waals surface area (Å²) in [5.41, 5.74) is 2.80. The Morgan fingerprint density at radius 1 is 1.19 bits per heavy atom. The van der Waals surface area contributed by atoms with E-state index >= 15 is 0 Å². The lowest BCUT2D eigenvalue weighted by Gasteiger charge is -2.13. The molecule has 0 unspecified atom stereocenters. The number of hydrogen-bond donors (Lipinski definition) is 1. The van der Waals surface area contributed by atoms with Crippen LogP contribution in [0.5, 0.6) is 5.75 Å². The number of hydrogen-bond acceptors (Lipinski definition) is 4. The largest absolute Gasteiger partial charge is 0.495 e. The molecule has 0 aliphatic carbocycles. The summed E-state index contributed by atoms with van der Waals surface area (Å²) in [5, 5.41) is 8.12. The smallest absolute Gasteiger partial charge is 0.256 e. The maximum atomic E-state index is 13.0. The molecule has 2 aromatic heterocycles. The zero-order valence-corrected chi connectivity index (χ0v) is 15.8. The van der Waals surface area contributed by atoms with Gasteiger partial charge in [-0.2, -0.15) is 5.10 Å². The highest BCUT2D eigenvalue weighted by molar-refractivity contribution is 6.12. The van der Waals surface area contributed by atoms with Gasteiger partial charge in [-0.25, -0.2) is 9.67 Å². The van der Waals surface area contributed by atoms with Crippen LogP contribution < -0.4 is 10.1 Å². The number of anilines is 1. The number of amides is 1. The van der Waals surface area contributed by atoms with E-state index in [1.807, 2.05) is 48.9 Å². The summed E-state index contributed by atoms with van der Waals surface area (Å²) in [5.74, 6) is 0.618. The van der Waals surface area contributed by atoms with Crippen molar-refractivity contribution in [3.05, 3.63) is 47.8 Å². The Hall–Kier alpha value is -2.89. The number of aromatic nitrogens is 3. The minimum Gasteiger partial charge on any atom is -0.495 e. The molecular weight excluding hydrogens is 328 g/mol. The van der Waals surface area contributed by atoms with Crippen molar-refractivity contribution in [1.29, 1.82) is 0 Å². The lowest BCUT2D eigenvalue weighted by molar-refractivity contribution is 0.102. The van der Waals surface area contributed by atoms with Crippen LogP contribution in [0.3, 0.4) is 0 Å². The van der Waals surface area contributed by atoms with Gasteiger partial charge in [-0.15, -0.1) is 0 Å². The second-order valence-electron chi connectivity index (χ2n) is 6.82. The van der Waals surface area contributed by atoms with Crippen LogP contribution in [0.2, 0.25) is 0 Å². The fraction of sp³-hybridized carbons (Fsp3) is 0.350. The van der Waals surface area contributed by atoms with Crippen molar-refractivity contribution in [3.8, 4) is 5.75 Å². The third kappa shape index (κ3) is 3.27. The molecule has 0 saturated carbocycles. The fourth-order valence-electron chi connectivity index (χ4n) is 2.84. The van der Waals surface area contributed by atoms with Gasteiger partial charge in [0.25, 0.3) is 5.91 Å². The van der Waals surface area contributed by atoms with Crippen molar-refractivity contribution in [2.75, 3.05) is 12.4 Å². The summed E-state index contributed by atoms with van der Waals surface area (Å²) in [6, 6.07) is 9.36. The Morgan fingerprint density at radius 2 is 1.92 bits per heavy atom. The van der Waals surface area contributed by atoms with Crippen LogP contribution in [-0.2, 0) is 0 Å². The molecule has 1 amide bonds. The number of rotatable bonds is 5. The molecule has 0 bridgehead atoms. The molecule has 0 radical (unpaired) electrons. The highest BCUT2D eigenvalue weighted by Crippen LogP contribution is 2.27. The van der Waals surface area contributed by atoms with E-state index in [9.17, 15) is 4.79 Å². The number of methoxy groups -OCH3 is 1. The summed E-state index contributed by atoms with van der Waals surface area (Å²) in [7, 11) is 1.58. The van der Waals surface area contributed by atoms with Crippen LogP contribution in [0.4, 0.5) is 5.69 Å². The van der Waals surface area contributed by atoms with Crippen molar-refractivity contribution < 1.29 is 9.53 Å². The normalized spacial score (nSPS) is 11.3. The minimum absolute atomic E-state index is 0.160. The maximum absolute atomic E-state index is 13.0. The first-order valence-electron chi connectivity index (χ1n) is 8.75. The average molecular weight is 352 g/mol. The molecule has 0 aliphatic rings. The predicted octanol–water partition coefficient (Wildman–Crippen LogP) is 4.40. The van der Waals surface area contributed by atoms with Crippen molar-refractivity contribution in [1.82, 2.24) is 14.8 Å². The Morgan fingerprint density at radius 3 is 2.58 bits per heavy atom. The van der Waals surface area contributed by atoms with Crippen LogP contribution in [-0.4, -0.2) is 27.8 Å². The monoisotopic (exact) mass is 352 g/mol. The van der Waals surface area contributed by atoms with Gasteiger partial charge in [-0.1, -0.05) is 26.0 Å².